The molecular formula is C19H25NO2. The van der Waals surface area contributed by atoms with E-state index in [2.05, 4.69) is 49.5 Å². The van der Waals surface area contributed by atoms with Gasteiger partial charge in [-0.2, -0.15) is 0 Å². The Morgan fingerprint density at radius 2 is 1.73 bits per heavy atom. The highest BCUT2D eigenvalue weighted by molar-refractivity contribution is 5.46. The van der Waals surface area contributed by atoms with Gasteiger partial charge in [-0.15, -0.1) is 0 Å². The molecule has 0 aliphatic carbocycles. The minimum atomic E-state index is 0.482. The second-order valence-corrected chi connectivity index (χ2v) is 5.74. The molecule has 0 fully saturated rings. The Hall–Kier alpha value is -2.00. The maximum Gasteiger partial charge on any atom is 0.165 e. The molecule has 0 unspecified atom stereocenters. The summed E-state index contributed by atoms with van der Waals surface area (Å²) in [6.07, 6.45) is 0. The van der Waals surface area contributed by atoms with Gasteiger partial charge in [-0.1, -0.05) is 56.3 Å². The summed E-state index contributed by atoms with van der Waals surface area (Å²) in [5, 5.41) is 3.46. The fraction of sp³-hybridized carbons (Fsp3) is 0.368. The minimum absolute atomic E-state index is 0.482. The molecule has 0 saturated heterocycles. The van der Waals surface area contributed by atoms with Crippen LogP contribution in [-0.2, 0) is 13.1 Å². The molecule has 0 radical (unpaired) electrons. The molecule has 118 valence electrons. The van der Waals surface area contributed by atoms with Gasteiger partial charge in [0, 0.05) is 18.7 Å². The molecule has 1 N–H and O–H groups in total. The highest BCUT2D eigenvalue weighted by atomic mass is 16.5. The monoisotopic (exact) mass is 299 g/mol. The quantitative estimate of drug-likeness (QED) is 0.798. The molecule has 0 heterocycles. The predicted molar refractivity (Wildman–Crippen MR) is 90.3 cm³/mol. The van der Waals surface area contributed by atoms with Crippen LogP contribution in [0.5, 0.6) is 11.5 Å². The second kappa shape index (κ2) is 8.44. The van der Waals surface area contributed by atoms with Crippen molar-refractivity contribution in [3.63, 3.8) is 0 Å². The first-order valence-electron chi connectivity index (χ1n) is 7.74. The van der Waals surface area contributed by atoms with Crippen LogP contribution in [-0.4, -0.2) is 13.7 Å². The summed E-state index contributed by atoms with van der Waals surface area (Å²) in [5.74, 6) is 2.12. The Morgan fingerprint density at radius 3 is 2.41 bits per heavy atom. The molecule has 0 aliphatic rings. The Balaban J connectivity index is 2.02. The zero-order valence-corrected chi connectivity index (χ0v) is 13.6. The molecule has 0 aromatic heterocycles. The first-order valence-corrected chi connectivity index (χ1v) is 7.74. The van der Waals surface area contributed by atoms with E-state index in [1.807, 2.05) is 18.2 Å². The minimum Gasteiger partial charge on any atom is -0.493 e. The highest BCUT2D eigenvalue weighted by Gasteiger charge is 2.11. The Morgan fingerprint density at radius 1 is 0.955 bits per heavy atom. The molecule has 0 saturated carbocycles. The van der Waals surface area contributed by atoms with E-state index in [1.54, 1.807) is 7.11 Å². The van der Waals surface area contributed by atoms with Gasteiger partial charge in [-0.3, -0.25) is 0 Å². The lowest BCUT2D eigenvalue weighted by atomic mass is 10.1. The van der Waals surface area contributed by atoms with Gasteiger partial charge in [0.1, 0.15) is 0 Å². The Labute approximate surface area is 133 Å². The average molecular weight is 299 g/mol. The van der Waals surface area contributed by atoms with Crippen LogP contribution >= 0.6 is 0 Å². The van der Waals surface area contributed by atoms with Crippen LogP contribution in [0.25, 0.3) is 0 Å². The summed E-state index contributed by atoms with van der Waals surface area (Å²) in [6.45, 7) is 6.55. The molecule has 3 heteroatoms. The van der Waals surface area contributed by atoms with Gasteiger partial charge in [-0.05, 0) is 17.5 Å². The molecule has 0 aliphatic heterocycles. The molecule has 2 aromatic rings. The SMILES string of the molecule is COc1cccc(CNCc2ccccc2)c1OCC(C)C. The van der Waals surface area contributed by atoms with E-state index in [-0.39, 0.29) is 0 Å². The third-order valence-corrected chi connectivity index (χ3v) is 3.33. The summed E-state index contributed by atoms with van der Waals surface area (Å²) in [6, 6.07) is 16.4. The molecule has 2 aromatic carbocycles. The van der Waals surface area contributed by atoms with Crippen molar-refractivity contribution in [3.8, 4) is 11.5 Å². The molecule has 2 rings (SSSR count). The lowest BCUT2D eigenvalue weighted by molar-refractivity contribution is 0.254. The maximum absolute atomic E-state index is 5.96. The van der Waals surface area contributed by atoms with Gasteiger partial charge in [0.25, 0.3) is 0 Å². The van der Waals surface area contributed by atoms with Crippen LogP contribution in [0.1, 0.15) is 25.0 Å². The number of hydrogen-bond donors (Lipinski definition) is 1. The zero-order valence-electron chi connectivity index (χ0n) is 13.6. The molecule has 0 atom stereocenters. The summed E-state index contributed by atoms with van der Waals surface area (Å²) in [7, 11) is 1.68. The van der Waals surface area contributed by atoms with Gasteiger partial charge in [0.05, 0.1) is 13.7 Å². The summed E-state index contributed by atoms with van der Waals surface area (Å²) in [4.78, 5) is 0. The van der Waals surface area contributed by atoms with E-state index in [0.717, 1.165) is 30.2 Å². The van der Waals surface area contributed by atoms with Crippen molar-refractivity contribution in [2.24, 2.45) is 5.92 Å². The van der Waals surface area contributed by atoms with Gasteiger partial charge < -0.3 is 14.8 Å². The zero-order chi connectivity index (χ0) is 15.8. The fourth-order valence-electron chi connectivity index (χ4n) is 2.21. The van der Waals surface area contributed by atoms with E-state index < -0.39 is 0 Å². The first kappa shape index (κ1) is 16.4. The molecular weight excluding hydrogens is 274 g/mol. The number of methoxy groups -OCH3 is 1. The fourth-order valence-corrected chi connectivity index (χ4v) is 2.21. The van der Waals surface area contributed by atoms with Crippen molar-refractivity contribution in [2.75, 3.05) is 13.7 Å². The number of benzene rings is 2. The van der Waals surface area contributed by atoms with Crippen LogP contribution in [0, 0.1) is 5.92 Å². The third kappa shape index (κ3) is 4.78. The number of rotatable bonds is 8. The molecule has 0 bridgehead atoms. The van der Waals surface area contributed by atoms with Crippen molar-refractivity contribution in [1.29, 1.82) is 0 Å². The lowest BCUT2D eigenvalue weighted by Gasteiger charge is -2.16. The van der Waals surface area contributed by atoms with Crippen molar-refractivity contribution >= 4 is 0 Å². The predicted octanol–water partition coefficient (Wildman–Crippen LogP) is 4.02. The van der Waals surface area contributed by atoms with E-state index in [1.165, 1.54) is 5.56 Å². The summed E-state index contributed by atoms with van der Waals surface area (Å²) in [5.41, 5.74) is 2.39. The van der Waals surface area contributed by atoms with E-state index in [4.69, 9.17) is 9.47 Å². The smallest absolute Gasteiger partial charge is 0.165 e. The molecule has 0 spiro atoms. The van der Waals surface area contributed by atoms with Crippen LogP contribution in [0.2, 0.25) is 0 Å². The van der Waals surface area contributed by atoms with E-state index >= 15 is 0 Å². The van der Waals surface area contributed by atoms with E-state index in [9.17, 15) is 0 Å². The second-order valence-electron chi connectivity index (χ2n) is 5.74. The number of nitrogens with one attached hydrogen (secondary N) is 1. The molecule has 0 amide bonds. The lowest BCUT2D eigenvalue weighted by Crippen LogP contribution is -2.15. The number of hydrogen-bond acceptors (Lipinski definition) is 3. The van der Waals surface area contributed by atoms with Crippen LogP contribution in [0.15, 0.2) is 48.5 Å². The van der Waals surface area contributed by atoms with E-state index in [0.29, 0.717) is 12.5 Å². The summed E-state index contributed by atoms with van der Waals surface area (Å²) >= 11 is 0. The van der Waals surface area contributed by atoms with Gasteiger partial charge in [0.2, 0.25) is 0 Å². The van der Waals surface area contributed by atoms with Crippen molar-refractivity contribution in [3.05, 3.63) is 59.7 Å². The van der Waals surface area contributed by atoms with Crippen LogP contribution < -0.4 is 14.8 Å². The van der Waals surface area contributed by atoms with Gasteiger partial charge in [0.15, 0.2) is 11.5 Å². The van der Waals surface area contributed by atoms with Crippen molar-refractivity contribution in [2.45, 2.75) is 26.9 Å². The third-order valence-electron chi connectivity index (χ3n) is 3.33. The Bertz CT molecular complexity index is 567. The van der Waals surface area contributed by atoms with Crippen LogP contribution in [0.3, 0.4) is 0 Å². The van der Waals surface area contributed by atoms with Gasteiger partial charge in [-0.25, -0.2) is 0 Å². The summed E-state index contributed by atoms with van der Waals surface area (Å²) < 4.78 is 11.4. The van der Waals surface area contributed by atoms with Crippen LogP contribution in [0.4, 0.5) is 0 Å². The molecule has 22 heavy (non-hydrogen) atoms. The largest absolute Gasteiger partial charge is 0.493 e. The normalized spacial score (nSPS) is 10.7. The first-order chi connectivity index (χ1) is 10.7. The standard InChI is InChI=1S/C19H25NO2/c1-15(2)14-22-19-17(10-7-11-18(19)21-3)13-20-12-16-8-5-4-6-9-16/h4-11,15,20H,12-14H2,1-3H3. The highest BCUT2D eigenvalue weighted by Crippen LogP contribution is 2.31. The molecule has 3 nitrogen and oxygen atoms in total. The van der Waals surface area contributed by atoms with Crippen molar-refractivity contribution in [1.82, 2.24) is 5.32 Å². The van der Waals surface area contributed by atoms with Crippen molar-refractivity contribution < 1.29 is 9.47 Å². The topological polar surface area (TPSA) is 30.5 Å². The number of ether oxygens (including phenoxy) is 2. The maximum atomic E-state index is 5.96. The number of para-hydroxylation sites is 1. The Kier molecular flexibility index (Phi) is 6.28. The average Bonchev–Trinajstić information content (AvgIpc) is 2.54. The van der Waals surface area contributed by atoms with Gasteiger partial charge >= 0.3 is 0 Å².